The third kappa shape index (κ3) is 6.26. The maximum Gasteiger partial charge on any atom is 0.115 e. The Morgan fingerprint density at radius 2 is 1.00 bits per heavy atom. The van der Waals surface area contributed by atoms with Gasteiger partial charge in [0, 0.05) is 0 Å². The third-order valence-corrected chi connectivity index (χ3v) is 5.09. The van der Waals surface area contributed by atoms with Gasteiger partial charge < -0.3 is 10.6 Å². The van der Waals surface area contributed by atoms with E-state index in [2.05, 4.69) is 43.3 Å². The molecule has 0 heterocycles. The van der Waals surface area contributed by atoms with E-state index in [1.807, 2.05) is 30.3 Å². The maximum atomic E-state index is 9.30. The summed E-state index contributed by atoms with van der Waals surface area (Å²) in [4.78, 5) is 0. The van der Waals surface area contributed by atoms with Gasteiger partial charge in [0.05, 0.1) is 0 Å². The van der Waals surface area contributed by atoms with E-state index >= 15 is 0 Å². The number of aromatic hydroxyl groups is 1. The molecule has 2 heteroatoms. The van der Waals surface area contributed by atoms with Crippen molar-refractivity contribution in [1.29, 1.82) is 0 Å². The van der Waals surface area contributed by atoms with Gasteiger partial charge in [0.1, 0.15) is 5.75 Å². The highest BCUT2D eigenvalue weighted by Crippen LogP contribution is 2.26. The van der Waals surface area contributed by atoms with Crippen molar-refractivity contribution in [1.82, 2.24) is 0 Å². The topological polar surface area (TPSA) is 51.7 Å². The van der Waals surface area contributed by atoms with Crippen LogP contribution >= 0.6 is 0 Å². The van der Waals surface area contributed by atoms with Gasteiger partial charge in [-0.3, -0.25) is 0 Å². The quantitative estimate of drug-likeness (QED) is 0.556. The Hall–Kier alpha value is -2.58. The first-order chi connectivity index (χ1) is 12.7. The van der Waals surface area contributed by atoms with Crippen LogP contribution in [-0.2, 0) is 0 Å². The standard InChI is InChI=1S/C18H14O.C7H14.H2O/c19-18-12-10-17(11-13-18)16-8-6-15(7-9-16)14-4-2-1-3-5-14;1-7-5-3-2-4-6-7;/h1-13,19H;7H,2-6H2,1H3;1H2. The van der Waals surface area contributed by atoms with Gasteiger partial charge in [-0.15, -0.1) is 0 Å². The fourth-order valence-electron chi connectivity index (χ4n) is 3.45. The first kappa shape index (κ1) is 20.7. The molecule has 0 bridgehead atoms. The van der Waals surface area contributed by atoms with Crippen LogP contribution in [0.3, 0.4) is 0 Å². The molecule has 0 saturated heterocycles. The summed E-state index contributed by atoms with van der Waals surface area (Å²) < 4.78 is 0. The van der Waals surface area contributed by atoms with E-state index in [0.29, 0.717) is 5.75 Å². The molecule has 2 nitrogen and oxygen atoms in total. The lowest BCUT2D eigenvalue weighted by atomic mass is 9.91. The molecule has 0 radical (unpaired) electrons. The lowest BCUT2D eigenvalue weighted by Crippen LogP contribution is -1.99. The molecule has 0 spiro atoms. The van der Waals surface area contributed by atoms with Crippen LogP contribution in [-0.4, -0.2) is 10.6 Å². The van der Waals surface area contributed by atoms with E-state index in [9.17, 15) is 5.11 Å². The summed E-state index contributed by atoms with van der Waals surface area (Å²) >= 11 is 0. The zero-order valence-corrected chi connectivity index (χ0v) is 16.1. The normalized spacial score (nSPS) is 13.8. The van der Waals surface area contributed by atoms with Crippen LogP contribution in [0.5, 0.6) is 5.75 Å². The summed E-state index contributed by atoms with van der Waals surface area (Å²) in [5.74, 6) is 1.33. The second-order valence-electron chi connectivity index (χ2n) is 7.23. The predicted molar refractivity (Wildman–Crippen MR) is 115 cm³/mol. The van der Waals surface area contributed by atoms with Gasteiger partial charge in [0.25, 0.3) is 0 Å². The zero-order chi connectivity index (χ0) is 18.2. The molecule has 1 fully saturated rings. The smallest absolute Gasteiger partial charge is 0.115 e. The average molecular weight is 363 g/mol. The number of phenols is 1. The van der Waals surface area contributed by atoms with Crippen LogP contribution in [0.15, 0.2) is 78.9 Å². The Morgan fingerprint density at radius 1 is 0.593 bits per heavy atom. The van der Waals surface area contributed by atoms with Crippen molar-refractivity contribution in [3.8, 4) is 28.0 Å². The molecule has 0 atom stereocenters. The summed E-state index contributed by atoms with van der Waals surface area (Å²) in [5.41, 5.74) is 4.69. The molecule has 0 aromatic heterocycles. The number of hydrogen-bond acceptors (Lipinski definition) is 1. The number of phenolic OH excluding ortho intramolecular Hbond substituents is 1. The fourth-order valence-corrected chi connectivity index (χ4v) is 3.45. The Morgan fingerprint density at radius 3 is 1.41 bits per heavy atom. The van der Waals surface area contributed by atoms with E-state index in [0.717, 1.165) is 17.0 Å². The highest BCUT2D eigenvalue weighted by atomic mass is 16.3. The molecule has 0 aliphatic heterocycles. The second-order valence-corrected chi connectivity index (χ2v) is 7.23. The average Bonchev–Trinajstić information content (AvgIpc) is 2.71. The van der Waals surface area contributed by atoms with Crippen molar-refractivity contribution in [3.05, 3.63) is 78.9 Å². The minimum atomic E-state index is 0. The molecule has 1 aliphatic carbocycles. The van der Waals surface area contributed by atoms with Crippen molar-refractivity contribution in [2.45, 2.75) is 39.0 Å². The first-order valence-corrected chi connectivity index (χ1v) is 9.67. The molecule has 27 heavy (non-hydrogen) atoms. The van der Waals surface area contributed by atoms with Crippen LogP contribution < -0.4 is 0 Å². The zero-order valence-electron chi connectivity index (χ0n) is 16.1. The van der Waals surface area contributed by atoms with Crippen molar-refractivity contribution in [2.24, 2.45) is 5.92 Å². The van der Waals surface area contributed by atoms with E-state index < -0.39 is 0 Å². The van der Waals surface area contributed by atoms with Gasteiger partial charge in [-0.05, 0) is 40.3 Å². The summed E-state index contributed by atoms with van der Waals surface area (Å²) in [7, 11) is 0. The first-order valence-electron chi connectivity index (χ1n) is 9.67. The summed E-state index contributed by atoms with van der Waals surface area (Å²) in [6, 6.07) is 26.0. The van der Waals surface area contributed by atoms with E-state index in [-0.39, 0.29) is 5.48 Å². The fraction of sp³-hybridized carbons (Fsp3) is 0.280. The number of rotatable bonds is 2. The van der Waals surface area contributed by atoms with E-state index in [1.54, 1.807) is 12.1 Å². The van der Waals surface area contributed by atoms with Gasteiger partial charge in [-0.1, -0.05) is 106 Å². The minimum Gasteiger partial charge on any atom is -0.508 e. The highest BCUT2D eigenvalue weighted by Gasteiger charge is 2.06. The molecular weight excluding hydrogens is 332 g/mol. The molecule has 1 saturated carbocycles. The van der Waals surface area contributed by atoms with Gasteiger partial charge in [0.15, 0.2) is 0 Å². The van der Waals surface area contributed by atoms with Gasteiger partial charge in [-0.25, -0.2) is 0 Å². The molecule has 0 unspecified atom stereocenters. The summed E-state index contributed by atoms with van der Waals surface area (Å²) in [6.07, 6.45) is 7.44. The van der Waals surface area contributed by atoms with Gasteiger partial charge in [-0.2, -0.15) is 0 Å². The third-order valence-electron chi connectivity index (χ3n) is 5.09. The summed E-state index contributed by atoms with van der Waals surface area (Å²) in [6.45, 7) is 2.36. The van der Waals surface area contributed by atoms with Crippen LogP contribution in [0.2, 0.25) is 0 Å². The lowest BCUT2D eigenvalue weighted by Gasteiger charge is -2.15. The number of hydrogen-bond donors (Lipinski definition) is 1. The number of benzene rings is 3. The molecule has 3 N–H and O–H groups in total. The van der Waals surface area contributed by atoms with Crippen molar-refractivity contribution in [3.63, 3.8) is 0 Å². The maximum absolute atomic E-state index is 9.30. The van der Waals surface area contributed by atoms with Crippen LogP contribution in [0.25, 0.3) is 22.3 Å². The molecule has 0 amide bonds. The molecule has 3 aromatic rings. The van der Waals surface area contributed by atoms with Crippen LogP contribution in [0, 0.1) is 5.92 Å². The van der Waals surface area contributed by atoms with Gasteiger partial charge >= 0.3 is 0 Å². The highest BCUT2D eigenvalue weighted by molar-refractivity contribution is 5.70. The second kappa shape index (κ2) is 10.5. The van der Waals surface area contributed by atoms with Crippen LogP contribution in [0.1, 0.15) is 39.0 Å². The molecular formula is C25H30O2. The van der Waals surface area contributed by atoms with Crippen molar-refractivity contribution in [2.75, 3.05) is 0 Å². The molecule has 4 rings (SSSR count). The molecule has 3 aromatic carbocycles. The summed E-state index contributed by atoms with van der Waals surface area (Å²) in [5, 5.41) is 9.30. The minimum absolute atomic E-state index is 0. The van der Waals surface area contributed by atoms with Crippen molar-refractivity contribution >= 4 is 0 Å². The monoisotopic (exact) mass is 362 g/mol. The van der Waals surface area contributed by atoms with E-state index in [4.69, 9.17) is 0 Å². The Bertz CT molecular complexity index is 771. The Kier molecular flexibility index (Phi) is 8.09. The largest absolute Gasteiger partial charge is 0.508 e. The van der Waals surface area contributed by atoms with E-state index in [1.165, 1.54) is 43.2 Å². The van der Waals surface area contributed by atoms with Crippen molar-refractivity contribution < 1.29 is 10.6 Å². The lowest BCUT2D eigenvalue weighted by molar-refractivity contribution is 0.385. The molecule has 142 valence electrons. The molecule has 1 aliphatic rings. The Labute approximate surface area is 162 Å². The predicted octanol–water partition coefficient (Wildman–Crippen LogP) is 6.49. The SMILES string of the molecule is CC1CCCCC1.O.Oc1ccc(-c2ccc(-c3ccccc3)cc2)cc1. The Balaban J connectivity index is 0.000000278. The van der Waals surface area contributed by atoms with Gasteiger partial charge in [0.2, 0.25) is 0 Å². The van der Waals surface area contributed by atoms with Crippen LogP contribution in [0.4, 0.5) is 0 Å².